The first kappa shape index (κ1) is 15.3. The number of carbonyl (C=O) groups excluding carboxylic acids is 1. The normalized spacial score (nSPS) is 23.0. The fourth-order valence-corrected chi connectivity index (χ4v) is 2.78. The molecule has 6 heteroatoms. The highest BCUT2D eigenvalue weighted by atomic mass is 35.5. The number of hydrogen-bond acceptors (Lipinski definition) is 4. The van der Waals surface area contributed by atoms with Crippen molar-refractivity contribution in [3.8, 4) is 5.75 Å². The summed E-state index contributed by atoms with van der Waals surface area (Å²) < 4.78 is 5.07. The number of amides is 1. The number of methoxy groups -OCH3 is 1. The van der Waals surface area contributed by atoms with E-state index >= 15 is 0 Å². The summed E-state index contributed by atoms with van der Waals surface area (Å²) in [6.45, 7) is 3.15. The van der Waals surface area contributed by atoms with Crippen LogP contribution in [0, 0.1) is 0 Å². The van der Waals surface area contributed by atoms with Crippen LogP contribution in [0.15, 0.2) is 11.4 Å². The molecule has 2 heterocycles. The maximum absolute atomic E-state index is 12.0. The lowest BCUT2D eigenvalue weighted by atomic mass is 10.00. The summed E-state index contributed by atoms with van der Waals surface area (Å²) in [5.74, 6) is 0.744. The fourth-order valence-electron chi connectivity index (χ4n) is 2.03. The molecule has 0 bridgehead atoms. The number of thiophene rings is 1. The van der Waals surface area contributed by atoms with Gasteiger partial charge in [0.2, 0.25) is 0 Å². The van der Waals surface area contributed by atoms with Gasteiger partial charge in [0.1, 0.15) is 5.75 Å². The van der Waals surface area contributed by atoms with Gasteiger partial charge in [0.25, 0.3) is 5.91 Å². The van der Waals surface area contributed by atoms with Gasteiger partial charge in [0, 0.05) is 23.5 Å². The van der Waals surface area contributed by atoms with Gasteiger partial charge in [0.05, 0.1) is 12.0 Å². The molecule has 2 atom stereocenters. The highest BCUT2D eigenvalue weighted by Crippen LogP contribution is 2.21. The number of ether oxygens (including phenoxy) is 1. The van der Waals surface area contributed by atoms with Gasteiger partial charge in [-0.15, -0.1) is 23.7 Å². The minimum atomic E-state index is -0.00106. The quantitative estimate of drug-likeness (QED) is 0.896. The minimum absolute atomic E-state index is 0. The Labute approximate surface area is 118 Å². The summed E-state index contributed by atoms with van der Waals surface area (Å²) >= 11 is 1.41. The van der Waals surface area contributed by atoms with Crippen molar-refractivity contribution in [3.05, 3.63) is 16.3 Å². The molecular weight excluding hydrogens is 272 g/mol. The second-order valence-electron chi connectivity index (χ2n) is 4.32. The molecular formula is C12H19ClN2O2S. The Morgan fingerprint density at radius 1 is 1.61 bits per heavy atom. The molecule has 0 aliphatic carbocycles. The van der Waals surface area contributed by atoms with Crippen LogP contribution in [0.1, 0.15) is 29.4 Å². The average Bonchev–Trinajstić information content (AvgIpc) is 2.81. The first-order valence-corrected chi connectivity index (χ1v) is 6.75. The fraction of sp³-hybridized carbons (Fsp3) is 0.583. The number of piperidine rings is 1. The molecule has 1 saturated heterocycles. The van der Waals surface area contributed by atoms with E-state index in [9.17, 15) is 4.79 Å². The molecule has 0 radical (unpaired) electrons. The molecule has 102 valence electrons. The van der Waals surface area contributed by atoms with Crippen molar-refractivity contribution in [2.75, 3.05) is 13.7 Å². The van der Waals surface area contributed by atoms with Crippen LogP contribution in [-0.2, 0) is 0 Å². The van der Waals surface area contributed by atoms with Crippen LogP contribution < -0.4 is 15.4 Å². The molecule has 4 nitrogen and oxygen atoms in total. The van der Waals surface area contributed by atoms with Crippen molar-refractivity contribution in [1.82, 2.24) is 10.6 Å². The number of nitrogens with one attached hydrogen (secondary N) is 2. The van der Waals surface area contributed by atoms with Crippen molar-refractivity contribution < 1.29 is 9.53 Å². The first-order valence-electron chi connectivity index (χ1n) is 5.87. The molecule has 2 rings (SSSR count). The smallest absolute Gasteiger partial charge is 0.261 e. The Hall–Kier alpha value is -0.780. The highest BCUT2D eigenvalue weighted by molar-refractivity contribution is 7.12. The summed E-state index contributed by atoms with van der Waals surface area (Å²) in [5, 5.41) is 8.29. The highest BCUT2D eigenvalue weighted by Gasteiger charge is 2.23. The molecule has 1 aliphatic heterocycles. The van der Waals surface area contributed by atoms with Gasteiger partial charge < -0.3 is 15.4 Å². The molecule has 2 unspecified atom stereocenters. The van der Waals surface area contributed by atoms with Gasteiger partial charge in [-0.1, -0.05) is 0 Å². The van der Waals surface area contributed by atoms with Crippen molar-refractivity contribution >= 4 is 29.7 Å². The van der Waals surface area contributed by atoms with Crippen molar-refractivity contribution in [2.24, 2.45) is 0 Å². The molecule has 0 saturated carbocycles. The van der Waals surface area contributed by atoms with E-state index in [1.165, 1.54) is 11.3 Å². The van der Waals surface area contributed by atoms with E-state index in [0.717, 1.165) is 25.1 Å². The lowest BCUT2D eigenvalue weighted by molar-refractivity contribution is 0.0924. The monoisotopic (exact) mass is 290 g/mol. The van der Waals surface area contributed by atoms with Crippen LogP contribution in [0.4, 0.5) is 0 Å². The van der Waals surface area contributed by atoms with Crippen LogP contribution in [-0.4, -0.2) is 31.6 Å². The van der Waals surface area contributed by atoms with Gasteiger partial charge >= 0.3 is 0 Å². The maximum atomic E-state index is 12.0. The molecule has 1 aromatic heterocycles. The third-order valence-electron chi connectivity index (χ3n) is 3.11. The van der Waals surface area contributed by atoms with Gasteiger partial charge in [-0.05, 0) is 26.3 Å². The third kappa shape index (κ3) is 3.60. The second kappa shape index (κ2) is 6.97. The van der Waals surface area contributed by atoms with E-state index in [4.69, 9.17) is 4.74 Å². The molecule has 2 N–H and O–H groups in total. The Bertz CT molecular complexity index is 397. The Morgan fingerprint density at radius 3 is 3.00 bits per heavy atom. The van der Waals surface area contributed by atoms with Crippen LogP contribution in [0.25, 0.3) is 0 Å². The van der Waals surface area contributed by atoms with Gasteiger partial charge in [-0.25, -0.2) is 0 Å². The van der Waals surface area contributed by atoms with Crippen molar-refractivity contribution in [1.29, 1.82) is 0 Å². The number of hydrogen-bond donors (Lipinski definition) is 2. The van der Waals surface area contributed by atoms with Crippen molar-refractivity contribution in [3.63, 3.8) is 0 Å². The predicted molar refractivity (Wildman–Crippen MR) is 76.1 cm³/mol. The topological polar surface area (TPSA) is 50.4 Å². The van der Waals surface area contributed by atoms with Crippen LogP contribution in [0.2, 0.25) is 0 Å². The largest absolute Gasteiger partial charge is 0.496 e. The van der Waals surface area contributed by atoms with E-state index in [2.05, 4.69) is 17.6 Å². The lowest BCUT2D eigenvalue weighted by Gasteiger charge is -2.30. The van der Waals surface area contributed by atoms with E-state index in [-0.39, 0.29) is 24.4 Å². The lowest BCUT2D eigenvalue weighted by Crippen LogP contribution is -2.51. The second-order valence-corrected chi connectivity index (χ2v) is 5.23. The summed E-state index contributed by atoms with van der Waals surface area (Å²) in [4.78, 5) is 12.7. The first-order chi connectivity index (χ1) is 8.20. The van der Waals surface area contributed by atoms with Gasteiger partial charge in [0.15, 0.2) is 0 Å². The number of carbonyl (C=O) groups is 1. The van der Waals surface area contributed by atoms with Crippen LogP contribution >= 0.6 is 23.7 Å². The molecule has 0 spiro atoms. The SMILES string of the molecule is COc1csc(C(=O)NC2CCCNC2C)c1.Cl. The van der Waals surface area contributed by atoms with E-state index in [1.807, 2.05) is 5.38 Å². The number of rotatable bonds is 3. The van der Waals surface area contributed by atoms with Crippen LogP contribution in [0.3, 0.4) is 0 Å². The summed E-state index contributed by atoms with van der Waals surface area (Å²) in [6, 6.07) is 2.35. The maximum Gasteiger partial charge on any atom is 0.261 e. The molecule has 1 fully saturated rings. The average molecular weight is 291 g/mol. The molecule has 1 aromatic rings. The summed E-state index contributed by atoms with van der Waals surface area (Å²) in [7, 11) is 1.61. The zero-order valence-corrected chi connectivity index (χ0v) is 12.2. The van der Waals surface area contributed by atoms with Gasteiger partial charge in [-0.3, -0.25) is 4.79 Å². The Balaban J connectivity index is 0.00000162. The molecule has 1 aliphatic rings. The minimum Gasteiger partial charge on any atom is -0.496 e. The van der Waals surface area contributed by atoms with E-state index < -0.39 is 0 Å². The standard InChI is InChI=1S/C12H18N2O2S.ClH/c1-8-10(4-3-5-13-8)14-12(15)11-6-9(16-2)7-17-11;/h6-8,10,13H,3-5H2,1-2H3,(H,14,15);1H. The van der Waals surface area contributed by atoms with Crippen LogP contribution in [0.5, 0.6) is 5.75 Å². The predicted octanol–water partition coefficient (Wildman–Crippen LogP) is 2.05. The Kier molecular flexibility index (Phi) is 5.91. The van der Waals surface area contributed by atoms with E-state index in [1.54, 1.807) is 13.2 Å². The van der Waals surface area contributed by atoms with E-state index in [0.29, 0.717) is 10.9 Å². The summed E-state index contributed by atoms with van der Waals surface area (Å²) in [6.07, 6.45) is 2.16. The molecule has 1 amide bonds. The molecule has 0 aromatic carbocycles. The molecule has 18 heavy (non-hydrogen) atoms. The van der Waals surface area contributed by atoms with Gasteiger partial charge in [-0.2, -0.15) is 0 Å². The zero-order valence-electron chi connectivity index (χ0n) is 10.6. The summed E-state index contributed by atoms with van der Waals surface area (Å²) in [5.41, 5.74) is 0. The Morgan fingerprint density at radius 2 is 2.39 bits per heavy atom. The van der Waals surface area contributed by atoms with Crippen molar-refractivity contribution in [2.45, 2.75) is 31.8 Å². The zero-order chi connectivity index (χ0) is 12.3. The number of halogens is 1. The third-order valence-corrected chi connectivity index (χ3v) is 4.02.